The number of carbonyl (C=O) groups is 2. The molecule has 0 spiro atoms. The number of nitrogens with one attached hydrogen (secondary N) is 1. The summed E-state index contributed by atoms with van der Waals surface area (Å²) in [6.45, 7) is 0.771. The highest BCUT2D eigenvalue weighted by Gasteiger charge is 2.34. The monoisotopic (exact) mass is 374 g/mol. The molecule has 0 radical (unpaired) electrons. The van der Waals surface area contributed by atoms with Gasteiger partial charge in [0.2, 0.25) is 11.8 Å². The molecule has 0 saturated carbocycles. The Balaban J connectivity index is 1.63. The van der Waals surface area contributed by atoms with Crippen molar-refractivity contribution in [3.63, 3.8) is 0 Å². The Labute approximate surface area is 156 Å². The molecule has 6 nitrogen and oxygen atoms in total. The molecule has 1 unspecified atom stereocenters. The lowest BCUT2D eigenvalue weighted by Gasteiger charge is -2.17. The molecule has 1 heterocycles. The first-order chi connectivity index (χ1) is 12.5. The van der Waals surface area contributed by atoms with Crippen molar-refractivity contribution < 1.29 is 19.4 Å². The van der Waals surface area contributed by atoms with E-state index in [-0.39, 0.29) is 29.7 Å². The Kier molecular flexibility index (Phi) is 5.32. The molecule has 1 aliphatic rings. The number of likely N-dealkylation sites (tertiary alicyclic amines) is 1. The zero-order valence-corrected chi connectivity index (χ0v) is 15.0. The maximum atomic E-state index is 12.4. The van der Waals surface area contributed by atoms with Gasteiger partial charge in [-0.2, -0.15) is 0 Å². The van der Waals surface area contributed by atoms with E-state index < -0.39 is 5.92 Å². The van der Waals surface area contributed by atoms with Gasteiger partial charge in [-0.15, -0.1) is 0 Å². The van der Waals surface area contributed by atoms with Crippen LogP contribution in [0.3, 0.4) is 0 Å². The minimum Gasteiger partial charge on any atom is -0.506 e. The van der Waals surface area contributed by atoms with E-state index in [9.17, 15) is 14.7 Å². The molecule has 2 N–H and O–H groups in total. The van der Waals surface area contributed by atoms with E-state index in [1.54, 1.807) is 12.0 Å². The van der Waals surface area contributed by atoms with E-state index in [4.69, 9.17) is 16.3 Å². The zero-order valence-electron chi connectivity index (χ0n) is 14.2. The standard InChI is InChI=1S/C19H19ClN2O4/c1-26-15-5-2-12(3-6-15)10-22-11-13(8-18(22)24)19(25)21-16-9-14(20)4-7-17(16)23/h2-7,9,13,23H,8,10-11H2,1H3,(H,21,25). The Morgan fingerprint density at radius 2 is 2.04 bits per heavy atom. The maximum absolute atomic E-state index is 12.4. The van der Waals surface area contributed by atoms with Crippen LogP contribution in [-0.2, 0) is 16.1 Å². The first-order valence-corrected chi connectivity index (χ1v) is 8.54. The summed E-state index contributed by atoms with van der Waals surface area (Å²) in [6, 6.07) is 11.9. The van der Waals surface area contributed by atoms with Crippen molar-refractivity contribution in [3.8, 4) is 11.5 Å². The van der Waals surface area contributed by atoms with Crippen LogP contribution >= 0.6 is 11.6 Å². The van der Waals surface area contributed by atoms with Crippen molar-refractivity contribution in [2.75, 3.05) is 19.0 Å². The summed E-state index contributed by atoms with van der Waals surface area (Å²) < 4.78 is 5.12. The Morgan fingerprint density at radius 3 is 2.73 bits per heavy atom. The highest BCUT2D eigenvalue weighted by molar-refractivity contribution is 6.31. The van der Waals surface area contributed by atoms with Gasteiger partial charge in [0, 0.05) is 24.5 Å². The van der Waals surface area contributed by atoms with Crippen LogP contribution in [0.2, 0.25) is 5.02 Å². The molecule has 0 aromatic heterocycles. The van der Waals surface area contributed by atoms with Crippen LogP contribution in [0.5, 0.6) is 11.5 Å². The summed E-state index contributed by atoms with van der Waals surface area (Å²) in [7, 11) is 1.60. The Bertz CT molecular complexity index is 823. The molecule has 1 atom stereocenters. The maximum Gasteiger partial charge on any atom is 0.229 e. The second-order valence-electron chi connectivity index (χ2n) is 6.17. The second kappa shape index (κ2) is 7.66. The highest BCUT2D eigenvalue weighted by atomic mass is 35.5. The van der Waals surface area contributed by atoms with Crippen LogP contribution in [0.15, 0.2) is 42.5 Å². The van der Waals surface area contributed by atoms with E-state index >= 15 is 0 Å². The molecule has 2 aromatic rings. The molecule has 2 amide bonds. The highest BCUT2D eigenvalue weighted by Crippen LogP contribution is 2.28. The first kappa shape index (κ1) is 18.1. The van der Waals surface area contributed by atoms with Crippen molar-refractivity contribution in [2.45, 2.75) is 13.0 Å². The van der Waals surface area contributed by atoms with Gasteiger partial charge in [0.1, 0.15) is 11.5 Å². The molecular weight excluding hydrogens is 356 g/mol. The number of anilines is 1. The van der Waals surface area contributed by atoms with Gasteiger partial charge in [-0.3, -0.25) is 9.59 Å². The number of aromatic hydroxyl groups is 1. The Hall–Kier alpha value is -2.73. The van der Waals surface area contributed by atoms with Crippen molar-refractivity contribution >= 4 is 29.1 Å². The molecule has 0 aliphatic carbocycles. The fourth-order valence-electron chi connectivity index (χ4n) is 2.90. The van der Waals surface area contributed by atoms with Gasteiger partial charge in [-0.1, -0.05) is 23.7 Å². The van der Waals surface area contributed by atoms with Crippen molar-refractivity contribution in [2.24, 2.45) is 5.92 Å². The minimum atomic E-state index is -0.473. The molecule has 1 aliphatic heterocycles. The normalized spacial score (nSPS) is 16.6. The van der Waals surface area contributed by atoms with Gasteiger partial charge < -0.3 is 20.1 Å². The Morgan fingerprint density at radius 1 is 1.31 bits per heavy atom. The topological polar surface area (TPSA) is 78.9 Å². The number of phenols is 1. The summed E-state index contributed by atoms with van der Waals surface area (Å²) in [4.78, 5) is 26.3. The van der Waals surface area contributed by atoms with Gasteiger partial charge in [0.05, 0.1) is 18.7 Å². The summed E-state index contributed by atoms with van der Waals surface area (Å²) in [5, 5.41) is 12.9. The number of methoxy groups -OCH3 is 1. The minimum absolute atomic E-state index is 0.0674. The number of carbonyl (C=O) groups excluding carboxylic acids is 2. The number of hydrogen-bond acceptors (Lipinski definition) is 4. The zero-order chi connectivity index (χ0) is 18.7. The molecule has 7 heteroatoms. The molecule has 1 saturated heterocycles. The molecule has 3 rings (SSSR count). The van der Waals surface area contributed by atoms with Crippen LogP contribution in [0, 0.1) is 5.92 Å². The smallest absolute Gasteiger partial charge is 0.229 e. The van der Waals surface area contributed by atoms with Crippen molar-refractivity contribution in [3.05, 3.63) is 53.1 Å². The lowest BCUT2D eigenvalue weighted by atomic mass is 10.1. The number of halogens is 1. The van der Waals surface area contributed by atoms with E-state index in [1.807, 2.05) is 24.3 Å². The quantitative estimate of drug-likeness (QED) is 0.788. The average molecular weight is 375 g/mol. The number of rotatable bonds is 5. The lowest BCUT2D eigenvalue weighted by molar-refractivity contribution is -0.128. The predicted octanol–water partition coefficient (Wildman–Crippen LogP) is 3.04. The summed E-state index contributed by atoms with van der Waals surface area (Å²) >= 11 is 5.88. The number of hydrogen-bond donors (Lipinski definition) is 2. The molecule has 26 heavy (non-hydrogen) atoms. The molecular formula is C19H19ClN2O4. The number of amides is 2. The summed E-state index contributed by atoms with van der Waals surface area (Å²) in [5.41, 5.74) is 1.20. The average Bonchev–Trinajstić information content (AvgIpc) is 2.99. The van der Waals surface area contributed by atoms with Crippen molar-refractivity contribution in [1.82, 2.24) is 4.90 Å². The van der Waals surface area contributed by atoms with Gasteiger partial charge >= 0.3 is 0 Å². The van der Waals surface area contributed by atoms with Gasteiger partial charge in [0.15, 0.2) is 0 Å². The van der Waals surface area contributed by atoms with Crippen LogP contribution in [-0.4, -0.2) is 35.5 Å². The first-order valence-electron chi connectivity index (χ1n) is 8.16. The van der Waals surface area contributed by atoms with Crippen LogP contribution in [0.1, 0.15) is 12.0 Å². The molecule has 0 bridgehead atoms. The fourth-order valence-corrected chi connectivity index (χ4v) is 3.07. The van der Waals surface area contributed by atoms with E-state index in [2.05, 4.69) is 5.32 Å². The van der Waals surface area contributed by atoms with Gasteiger partial charge in [-0.05, 0) is 35.9 Å². The van der Waals surface area contributed by atoms with E-state index in [1.165, 1.54) is 18.2 Å². The molecule has 2 aromatic carbocycles. The number of ether oxygens (including phenoxy) is 1. The van der Waals surface area contributed by atoms with Crippen LogP contribution in [0.4, 0.5) is 5.69 Å². The third-order valence-electron chi connectivity index (χ3n) is 4.33. The third kappa shape index (κ3) is 4.08. The lowest BCUT2D eigenvalue weighted by Crippen LogP contribution is -2.28. The molecule has 136 valence electrons. The van der Waals surface area contributed by atoms with Crippen LogP contribution < -0.4 is 10.1 Å². The van der Waals surface area contributed by atoms with Crippen LogP contribution in [0.25, 0.3) is 0 Å². The number of benzene rings is 2. The summed E-state index contributed by atoms with van der Waals surface area (Å²) in [5.74, 6) is -0.175. The van der Waals surface area contributed by atoms with E-state index in [0.29, 0.717) is 18.1 Å². The van der Waals surface area contributed by atoms with Gasteiger partial charge in [0.25, 0.3) is 0 Å². The fraction of sp³-hybridized carbons (Fsp3) is 0.263. The number of phenolic OH excluding ortho intramolecular Hbond substituents is 1. The molecule has 1 fully saturated rings. The third-order valence-corrected chi connectivity index (χ3v) is 4.57. The second-order valence-corrected chi connectivity index (χ2v) is 6.61. The largest absolute Gasteiger partial charge is 0.506 e. The van der Waals surface area contributed by atoms with E-state index in [0.717, 1.165) is 11.3 Å². The van der Waals surface area contributed by atoms with Gasteiger partial charge in [-0.25, -0.2) is 0 Å². The summed E-state index contributed by atoms with van der Waals surface area (Å²) in [6.07, 6.45) is 0.142. The predicted molar refractivity (Wildman–Crippen MR) is 98.3 cm³/mol. The van der Waals surface area contributed by atoms with Crippen molar-refractivity contribution in [1.29, 1.82) is 0 Å². The SMILES string of the molecule is COc1ccc(CN2CC(C(=O)Nc3cc(Cl)ccc3O)CC2=O)cc1. The number of nitrogens with zero attached hydrogens (tertiary/aromatic N) is 1.